The average molecular weight is 361 g/mol. The SMILES string of the molecule is CCC=COCCC[Si](OC(C)CC)(OC(C)CC)OC(C)CC. The van der Waals surface area contributed by atoms with E-state index in [1.807, 2.05) is 6.08 Å². The van der Waals surface area contributed by atoms with Gasteiger partial charge in [0.2, 0.25) is 0 Å². The Kier molecular flexibility index (Phi) is 13.7. The van der Waals surface area contributed by atoms with Crippen molar-refractivity contribution in [3.05, 3.63) is 12.3 Å². The second-order valence-electron chi connectivity index (χ2n) is 6.45. The standard InChI is InChI=1S/C19H40O4Si/c1-8-12-14-20-15-13-16-24(21-17(5)9-2,22-18(6)10-3)23-19(7)11-4/h12,14,17-19H,8-11,13,15-16H2,1-7H3. The summed E-state index contributed by atoms with van der Waals surface area (Å²) in [6.07, 6.45) is 8.97. The van der Waals surface area contributed by atoms with Crippen LogP contribution in [0.2, 0.25) is 6.04 Å². The van der Waals surface area contributed by atoms with Crippen molar-refractivity contribution in [1.82, 2.24) is 0 Å². The van der Waals surface area contributed by atoms with E-state index in [1.54, 1.807) is 6.26 Å². The number of ether oxygens (including phenoxy) is 1. The molecular weight excluding hydrogens is 320 g/mol. The molecule has 0 saturated heterocycles. The molecule has 5 heteroatoms. The lowest BCUT2D eigenvalue weighted by Crippen LogP contribution is -2.51. The van der Waals surface area contributed by atoms with Gasteiger partial charge in [0.1, 0.15) is 0 Å². The van der Waals surface area contributed by atoms with Crippen LogP contribution in [-0.2, 0) is 18.0 Å². The van der Waals surface area contributed by atoms with Gasteiger partial charge >= 0.3 is 8.80 Å². The summed E-state index contributed by atoms with van der Waals surface area (Å²) in [5.41, 5.74) is 0. The van der Waals surface area contributed by atoms with Crippen LogP contribution in [-0.4, -0.2) is 33.7 Å². The summed E-state index contributed by atoms with van der Waals surface area (Å²) in [7, 11) is -2.72. The molecule has 0 aliphatic carbocycles. The van der Waals surface area contributed by atoms with E-state index in [-0.39, 0.29) is 18.3 Å². The summed E-state index contributed by atoms with van der Waals surface area (Å²) < 4.78 is 24.7. The Morgan fingerprint density at radius 3 is 1.62 bits per heavy atom. The first-order valence-corrected chi connectivity index (χ1v) is 11.7. The highest BCUT2D eigenvalue weighted by Gasteiger charge is 2.44. The Morgan fingerprint density at radius 2 is 1.25 bits per heavy atom. The monoisotopic (exact) mass is 360 g/mol. The third kappa shape index (κ3) is 10.5. The van der Waals surface area contributed by atoms with Crippen molar-refractivity contribution in [2.45, 2.75) is 105 Å². The largest absolute Gasteiger partial charge is 0.502 e. The normalized spacial score (nSPS) is 18.3. The molecule has 144 valence electrons. The van der Waals surface area contributed by atoms with E-state index >= 15 is 0 Å². The highest BCUT2D eigenvalue weighted by atomic mass is 28.4. The molecule has 4 nitrogen and oxygen atoms in total. The minimum atomic E-state index is -2.72. The lowest BCUT2D eigenvalue weighted by Gasteiger charge is -2.36. The molecule has 0 heterocycles. The molecule has 0 N–H and O–H groups in total. The molecule has 0 bridgehead atoms. The second kappa shape index (κ2) is 13.9. The van der Waals surface area contributed by atoms with E-state index in [2.05, 4.69) is 48.5 Å². The van der Waals surface area contributed by atoms with Gasteiger partial charge in [0.25, 0.3) is 0 Å². The van der Waals surface area contributed by atoms with Crippen LogP contribution >= 0.6 is 0 Å². The van der Waals surface area contributed by atoms with Gasteiger partial charge in [-0.05, 0) is 52.9 Å². The molecule has 0 saturated carbocycles. The van der Waals surface area contributed by atoms with Crippen molar-refractivity contribution < 1.29 is 18.0 Å². The number of rotatable bonds is 15. The van der Waals surface area contributed by atoms with E-state index in [0.29, 0.717) is 6.61 Å². The van der Waals surface area contributed by atoms with Crippen molar-refractivity contribution in [1.29, 1.82) is 0 Å². The van der Waals surface area contributed by atoms with Crippen molar-refractivity contribution >= 4 is 8.80 Å². The van der Waals surface area contributed by atoms with Crippen molar-refractivity contribution in [2.75, 3.05) is 6.61 Å². The maximum atomic E-state index is 6.38. The first-order chi connectivity index (χ1) is 11.4. The first kappa shape index (κ1) is 23.6. The Balaban J connectivity index is 4.96. The maximum Gasteiger partial charge on any atom is 0.501 e. The molecule has 3 unspecified atom stereocenters. The fourth-order valence-corrected chi connectivity index (χ4v) is 5.47. The molecule has 24 heavy (non-hydrogen) atoms. The fourth-order valence-electron chi connectivity index (χ4n) is 2.03. The van der Waals surface area contributed by atoms with Crippen LogP contribution in [0.25, 0.3) is 0 Å². The van der Waals surface area contributed by atoms with Gasteiger partial charge in [0, 0.05) is 24.4 Å². The third-order valence-electron chi connectivity index (χ3n) is 4.04. The van der Waals surface area contributed by atoms with Crippen LogP contribution in [0.3, 0.4) is 0 Å². The molecule has 3 atom stereocenters. The Hall–Kier alpha value is -0.363. The summed E-state index contributed by atoms with van der Waals surface area (Å²) in [6, 6.07) is 0.798. The molecule has 0 aromatic rings. The number of hydrogen-bond acceptors (Lipinski definition) is 4. The molecule has 0 aliphatic heterocycles. The van der Waals surface area contributed by atoms with Crippen LogP contribution < -0.4 is 0 Å². The first-order valence-electron chi connectivity index (χ1n) is 9.72. The van der Waals surface area contributed by atoms with Gasteiger partial charge in [-0.3, -0.25) is 0 Å². The van der Waals surface area contributed by atoms with E-state index in [0.717, 1.165) is 38.1 Å². The molecule has 0 spiro atoms. The summed E-state index contributed by atoms with van der Waals surface area (Å²) in [6.45, 7) is 15.5. The van der Waals surface area contributed by atoms with Crippen LogP contribution in [0.15, 0.2) is 12.3 Å². The van der Waals surface area contributed by atoms with Gasteiger partial charge in [0.15, 0.2) is 0 Å². The van der Waals surface area contributed by atoms with E-state index < -0.39 is 8.80 Å². The van der Waals surface area contributed by atoms with Gasteiger partial charge in [-0.1, -0.05) is 33.8 Å². The summed E-state index contributed by atoms with van der Waals surface area (Å²) in [4.78, 5) is 0. The van der Waals surface area contributed by atoms with E-state index in [9.17, 15) is 0 Å². The smallest absolute Gasteiger partial charge is 0.501 e. The lowest BCUT2D eigenvalue weighted by atomic mass is 10.3. The maximum absolute atomic E-state index is 6.38. The summed E-state index contributed by atoms with van der Waals surface area (Å²) in [5, 5.41) is 0. The van der Waals surface area contributed by atoms with Gasteiger partial charge in [-0.25, -0.2) is 0 Å². The quantitative estimate of drug-likeness (QED) is 0.213. The molecule has 0 aromatic heterocycles. The lowest BCUT2D eigenvalue weighted by molar-refractivity contribution is -0.0118. The zero-order valence-corrected chi connectivity index (χ0v) is 18.0. The second-order valence-corrected chi connectivity index (χ2v) is 9.02. The Bertz CT molecular complexity index is 291. The Morgan fingerprint density at radius 1 is 0.792 bits per heavy atom. The molecular formula is C19H40O4Si. The van der Waals surface area contributed by atoms with Crippen molar-refractivity contribution in [3.8, 4) is 0 Å². The zero-order valence-electron chi connectivity index (χ0n) is 17.0. The van der Waals surface area contributed by atoms with Crippen molar-refractivity contribution in [2.24, 2.45) is 0 Å². The average Bonchev–Trinajstić information content (AvgIpc) is 2.57. The summed E-state index contributed by atoms with van der Waals surface area (Å²) in [5.74, 6) is 0. The molecule has 0 radical (unpaired) electrons. The topological polar surface area (TPSA) is 36.9 Å². The third-order valence-corrected chi connectivity index (χ3v) is 7.29. The van der Waals surface area contributed by atoms with Crippen LogP contribution in [0.4, 0.5) is 0 Å². The molecule has 0 fully saturated rings. The van der Waals surface area contributed by atoms with Crippen LogP contribution in [0.1, 0.15) is 80.6 Å². The molecule has 0 amide bonds. The highest BCUT2D eigenvalue weighted by molar-refractivity contribution is 6.60. The fraction of sp³-hybridized carbons (Fsp3) is 0.895. The van der Waals surface area contributed by atoms with Crippen molar-refractivity contribution in [3.63, 3.8) is 0 Å². The van der Waals surface area contributed by atoms with Crippen LogP contribution in [0, 0.1) is 0 Å². The highest BCUT2D eigenvalue weighted by Crippen LogP contribution is 2.26. The number of allylic oxidation sites excluding steroid dienone is 1. The van der Waals surface area contributed by atoms with Crippen LogP contribution in [0.5, 0.6) is 0 Å². The number of hydrogen-bond donors (Lipinski definition) is 0. The summed E-state index contributed by atoms with van der Waals surface area (Å²) >= 11 is 0. The minimum Gasteiger partial charge on any atom is -0.502 e. The predicted molar refractivity (Wildman–Crippen MR) is 103 cm³/mol. The molecule has 0 rings (SSSR count). The van der Waals surface area contributed by atoms with Gasteiger partial charge in [-0.15, -0.1) is 0 Å². The van der Waals surface area contributed by atoms with E-state index in [4.69, 9.17) is 18.0 Å². The minimum absolute atomic E-state index is 0.144. The van der Waals surface area contributed by atoms with E-state index in [1.165, 1.54) is 0 Å². The zero-order chi connectivity index (χ0) is 18.4. The van der Waals surface area contributed by atoms with Gasteiger partial charge in [-0.2, -0.15) is 0 Å². The Labute approximate surface area is 151 Å². The molecule has 0 aromatic carbocycles. The van der Waals surface area contributed by atoms with Gasteiger partial charge < -0.3 is 18.0 Å². The van der Waals surface area contributed by atoms with Gasteiger partial charge in [0.05, 0.1) is 12.9 Å². The molecule has 0 aliphatic rings. The predicted octanol–water partition coefficient (Wildman–Crippen LogP) is 5.70.